The normalized spacial score (nSPS) is 18.9. The van der Waals surface area contributed by atoms with Crippen LogP contribution in [0.3, 0.4) is 0 Å². The van der Waals surface area contributed by atoms with Gasteiger partial charge in [-0.25, -0.2) is 4.39 Å². The molecular weight excluding hydrogens is 483 g/mol. The van der Waals surface area contributed by atoms with E-state index in [0.29, 0.717) is 13.2 Å². The van der Waals surface area contributed by atoms with E-state index in [1.54, 1.807) is 23.9 Å². The zero-order valence-electron chi connectivity index (χ0n) is 20.6. The van der Waals surface area contributed by atoms with Gasteiger partial charge in [-0.05, 0) is 24.3 Å². The molecule has 2 aromatic carbocycles. The molecule has 192 valence electrons. The first-order valence-electron chi connectivity index (χ1n) is 12.0. The number of ether oxygens (including phenoxy) is 2. The second kappa shape index (κ2) is 12.2. The predicted octanol–water partition coefficient (Wildman–Crippen LogP) is 3.54. The van der Waals surface area contributed by atoms with Gasteiger partial charge in [0.15, 0.2) is 0 Å². The van der Waals surface area contributed by atoms with Crippen LogP contribution in [0.1, 0.15) is 24.8 Å². The van der Waals surface area contributed by atoms with Crippen molar-refractivity contribution in [3.8, 4) is 5.75 Å². The molecule has 0 N–H and O–H groups in total. The fourth-order valence-electron chi connectivity index (χ4n) is 4.34. The number of thioether (sulfide) groups is 1. The van der Waals surface area contributed by atoms with Crippen LogP contribution in [0.4, 0.5) is 10.1 Å². The first kappa shape index (κ1) is 26.0. The van der Waals surface area contributed by atoms with Crippen molar-refractivity contribution in [1.29, 1.82) is 0 Å². The lowest BCUT2D eigenvalue weighted by Gasteiger charge is -2.36. The van der Waals surface area contributed by atoms with E-state index < -0.39 is 11.9 Å². The molecule has 2 aromatic rings. The lowest BCUT2D eigenvalue weighted by atomic mass is 10.2. The number of amides is 1. The second-order valence-corrected chi connectivity index (χ2v) is 9.81. The molecule has 0 radical (unpaired) electrons. The Kier molecular flexibility index (Phi) is 8.82. The summed E-state index contributed by atoms with van der Waals surface area (Å²) in [6, 6.07) is 14.5. The number of carbonyl (C=O) groups excluding carboxylic acids is 2. The van der Waals surface area contributed by atoms with Crippen molar-refractivity contribution < 1.29 is 23.5 Å². The number of hydrogen-bond acceptors (Lipinski definition) is 7. The minimum absolute atomic E-state index is 0.0240. The third-order valence-electron chi connectivity index (χ3n) is 6.02. The summed E-state index contributed by atoms with van der Waals surface area (Å²) in [5.41, 5.74) is 1.86. The highest BCUT2D eigenvalue weighted by Crippen LogP contribution is 2.42. The summed E-state index contributed by atoms with van der Waals surface area (Å²) in [5, 5.41) is -0.187. The van der Waals surface area contributed by atoms with E-state index in [9.17, 15) is 14.0 Å². The van der Waals surface area contributed by atoms with Gasteiger partial charge in [0.2, 0.25) is 5.91 Å². The highest BCUT2D eigenvalue weighted by molar-refractivity contribution is 7.99. The maximum Gasteiger partial charge on any atom is 0.310 e. The molecule has 2 fully saturated rings. The fourth-order valence-corrected chi connectivity index (χ4v) is 5.61. The Bertz CT molecular complexity index is 1110. The van der Waals surface area contributed by atoms with Gasteiger partial charge in [0.1, 0.15) is 23.5 Å². The molecule has 2 aliphatic rings. The van der Waals surface area contributed by atoms with Gasteiger partial charge < -0.3 is 19.3 Å². The predicted molar refractivity (Wildman–Crippen MR) is 139 cm³/mol. The number of esters is 1. The van der Waals surface area contributed by atoms with Gasteiger partial charge >= 0.3 is 12.0 Å². The van der Waals surface area contributed by atoms with Crippen LogP contribution in [0, 0.1) is 5.82 Å². The number of anilines is 1. The molecule has 0 bridgehead atoms. The van der Waals surface area contributed by atoms with E-state index >= 15 is 0 Å². The van der Waals surface area contributed by atoms with E-state index in [2.05, 4.69) is 14.8 Å². The van der Waals surface area contributed by atoms with Gasteiger partial charge in [0.05, 0.1) is 0 Å². The minimum Gasteiger partial charge on any atom is -0.492 e. The number of carbonyl (C=O) groups is 2. The van der Waals surface area contributed by atoms with Crippen LogP contribution >= 0.6 is 11.8 Å². The third kappa shape index (κ3) is 6.76. The quantitative estimate of drug-likeness (QED) is 0.329. The summed E-state index contributed by atoms with van der Waals surface area (Å²) >= 11 is 1.68. The average molecular weight is 515 g/mol. The zero-order chi connectivity index (χ0) is 25.5. The summed E-state index contributed by atoms with van der Waals surface area (Å²) in [6.45, 7) is 7.94. The van der Waals surface area contributed by atoms with Gasteiger partial charge in [0.25, 0.3) is 0 Å². The SMILES string of the molecule is CC(=O)N=C(OC(C)=O)N1CCSC1c1ccccc1OCCN1CCN(c2cccc(F)c2)CC1. The van der Waals surface area contributed by atoms with Gasteiger partial charge in [-0.2, -0.15) is 4.99 Å². The summed E-state index contributed by atoms with van der Waals surface area (Å²) in [6.07, 6.45) is 0. The van der Waals surface area contributed by atoms with Crippen molar-refractivity contribution in [1.82, 2.24) is 9.80 Å². The van der Waals surface area contributed by atoms with Crippen LogP contribution in [0.15, 0.2) is 53.5 Å². The molecule has 1 unspecified atom stereocenters. The van der Waals surface area contributed by atoms with Gasteiger partial charge in [-0.1, -0.05) is 24.3 Å². The maximum atomic E-state index is 13.5. The Hall–Kier alpha value is -3.11. The van der Waals surface area contributed by atoms with E-state index in [0.717, 1.165) is 55.5 Å². The van der Waals surface area contributed by atoms with E-state index in [4.69, 9.17) is 9.47 Å². The van der Waals surface area contributed by atoms with Crippen LogP contribution in [0.2, 0.25) is 0 Å². The van der Waals surface area contributed by atoms with Crippen LogP contribution in [-0.2, 0) is 14.3 Å². The van der Waals surface area contributed by atoms with Crippen molar-refractivity contribution in [3.05, 3.63) is 59.9 Å². The Morgan fingerprint density at radius 2 is 1.83 bits per heavy atom. The molecular formula is C26H31FN4O4S. The summed E-state index contributed by atoms with van der Waals surface area (Å²) in [5.74, 6) is 0.391. The molecule has 1 amide bonds. The Balaban J connectivity index is 1.35. The molecule has 1 atom stereocenters. The molecule has 2 aliphatic heterocycles. The summed E-state index contributed by atoms with van der Waals surface area (Å²) in [4.78, 5) is 33.6. The summed E-state index contributed by atoms with van der Waals surface area (Å²) in [7, 11) is 0. The average Bonchev–Trinajstić information content (AvgIpc) is 3.34. The monoisotopic (exact) mass is 514 g/mol. The highest BCUT2D eigenvalue weighted by atomic mass is 32.2. The third-order valence-corrected chi connectivity index (χ3v) is 7.26. The zero-order valence-corrected chi connectivity index (χ0v) is 21.4. The smallest absolute Gasteiger partial charge is 0.310 e. The first-order chi connectivity index (χ1) is 17.4. The van der Waals surface area contributed by atoms with Crippen LogP contribution < -0.4 is 9.64 Å². The molecule has 36 heavy (non-hydrogen) atoms. The van der Waals surface area contributed by atoms with Crippen LogP contribution in [-0.4, -0.2) is 79.3 Å². The van der Waals surface area contributed by atoms with Gasteiger partial charge in [-0.3, -0.25) is 14.5 Å². The Morgan fingerprint density at radius 3 is 2.56 bits per heavy atom. The first-order valence-corrected chi connectivity index (χ1v) is 13.1. The van der Waals surface area contributed by atoms with Gasteiger partial charge in [-0.15, -0.1) is 11.8 Å². The number of rotatable bonds is 6. The fraction of sp³-hybridized carbons (Fsp3) is 0.423. The molecule has 0 aliphatic carbocycles. The van der Waals surface area contributed by atoms with Crippen LogP contribution in [0.25, 0.3) is 0 Å². The van der Waals surface area contributed by atoms with Crippen molar-refractivity contribution >= 4 is 35.3 Å². The highest BCUT2D eigenvalue weighted by Gasteiger charge is 2.33. The Morgan fingerprint density at radius 1 is 1.06 bits per heavy atom. The number of piperazine rings is 1. The molecule has 2 heterocycles. The number of hydrogen-bond donors (Lipinski definition) is 0. The molecule has 8 nitrogen and oxygen atoms in total. The van der Waals surface area contributed by atoms with Crippen molar-refractivity contribution in [2.75, 3.05) is 56.5 Å². The number of benzene rings is 2. The minimum atomic E-state index is -0.521. The van der Waals surface area contributed by atoms with Crippen LogP contribution in [0.5, 0.6) is 5.75 Å². The molecule has 2 saturated heterocycles. The van der Waals surface area contributed by atoms with Crippen molar-refractivity contribution in [2.24, 2.45) is 4.99 Å². The maximum absolute atomic E-state index is 13.5. The number of nitrogens with zero attached hydrogens (tertiary/aromatic N) is 4. The molecule has 10 heteroatoms. The molecule has 0 saturated carbocycles. The summed E-state index contributed by atoms with van der Waals surface area (Å²) < 4.78 is 25.0. The van der Waals surface area contributed by atoms with Crippen molar-refractivity contribution in [2.45, 2.75) is 19.2 Å². The van der Waals surface area contributed by atoms with Gasteiger partial charge in [0, 0.05) is 70.1 Å². The number of halogens is 1. The van der Waals surface area contributed by atoms with E-state index in [-0.39, 0.29) is 17.2 Å². The lowest BCUT2D eigenvalue weighted by Crippen LogP contribution is -2.47. The van der Waals surface area contributed by atoms with E-state index in [1.165, 1.54) is 19.9 Å². The number of amidine groups is 1. The molecule has 0 spiro atoms. The largest absolute Gasteiger partial charge is 0.492 e. The second-order valence-electron chi connectivity index (χ2n) is 8.62. The van der Waals surface area contributed by atoms with Crippen molar-refractivity contribution in [3.63, 3.8) is 0 Å². The topological polar surface area (TPSA) is 74.7 Å². The molecule has 4 rings (SSSR count). The number of aliphatic imine (C=N–C) groups is 1. The lowest BCUT2D eigenvalue weighted by molar-refractivity contribution is -0.133. The van der Waals surface area contributed by atoms with E-state index in [1.807, 2.05) is 35.2 Å². The number of para-hydroxylation sites is 1. The Labute approximate surface area is 215 Å². The standard InChI is InChI=1S/C26H31FN4O4S/c1-19(32)28-26(35-20(2)33)31-15-17-36-25(31)23-8-3-4-9-24(23)34-16-14-29-10-12-30(13-11-29)22-7-5-6-21(27)18-22/h3-9,18,25H,10-17H2,1-2H3. The molecule has 0 aromatic heterocycles.